The molecule has 0 spiro atoms. The lowest BCUT2D eigenvalue weighted by atomic mass is 9.83. The molecular formula is C27H44. The zero-order valence-corrected chi connectivity index (χ0v) is 18.3. The van der Waals surface area contributed by atoms with Crippen LogP contribution in [0.1, 0.15) is 121 Å². The van der Waals surface area contributed by atoms with Crippen LogP contribution in [0, 0.1) is 5.92 Å². The summed E-state index contributed by atoms with van der Waals surface area (Å²) in [5.41, 5.74) is 4.60. The number of allylic oxidation sites excluding steroid dienone is 2. The molecule has 0 saturated carbocycles. The summed E-state index contributed by atoms with van der Waals surface area (Å²) in [5, 5.41) is 0. The lowest BCUT2D eigenvalue weighted by Crippen LogP contribution is -2.05. The van der Waals surface area contributed by atoms with Gasteiger partial charge in [0.2, 0.25) is 0 Å². The Balaban J connectivity index is 1.65. The van der Waals surface area contributed by atoms with Crippen LogP contribution in [0.25, 0.3) is 5.57 Å². The molecule has 1 aromatic rings. The fourth-order valence-corrected chi connectivity index (χ4v) is 4.44. The smallest absolute Gasteiger partial charge is 0.0228 e. The lowest BCUT2D eigenvalue weighted by Gasteiger charge is -2.22. The number of aryl methyl sites for hydroxylation is 1. The van der Waals surface area contributed by atoms with Crippen LogP contribution < -0.4 is 0 Å². The van der Waals surface area contributed by atoms with Crippen LogP contribution in [-0.4, -0.2) is 0 Å². The highest BCUT2D eigenvalue weighted by molar-refractivity contribution is 5.66. The first-order valence-corrected chi connectivity index (χ1v) is 12.1. The van der Waals surface area contributed by atoms with E-state index in [2.05, 4.69) is 44.2 Å². The molecule has 0 heteroatoms. The minimum Gasteiger partial charge on any atom is -0.0804 e. The molecule has 1 aromatic carbocycles. The Morgan fingerprint density at radius 2 is 1.37 bits per heavy atom. The quantitative estimate of drug-likeness (QED) is 0.287. The van der Waals surface area contributed by atoms with Crippen molar-refractivity contribution in [3.8, 4) is 0 Å². The van der Waals surface area contributed by atoms with E-state index in [1.54, 1.807) is 5.57 Å². The molecule has 0 fully saturated rings. The van der Waals surface area contributed by atoms with Gasteiger partial charge in [0.15, 0.2) is 0 Å². The van der Waals surface area contributed by atoms with E-state index in [0.717, 1.165) is 5.92 Å². The van der Waals surface area contributed by atoms with Crippen molar-refractivity contribution in [2.45, 2.75) is 117 Å². The van der Waals surface area contributed by atoms with Crippen molar-refractivity contribution in [2.24, 2.45) is 5.92 Å². The van der Waals surface area contributed by atoms with E-state index in [9.17, 15) is 0 Å². The summed E-state index contributed by atoms with van der Waals surface area (Å²) in [6, 6.07) is 9.50. The molecular weight excluding hydrogens is 324 g/mol. The molecule has 0 radical (unpaired) electrons. The van der Waals surface area contributed by atoms with Gasteiger partial charge in [0.05, 0.1) is 0 Å². The molecule has 0 amide bonds. The number of rotatable bonds is 14. The van der Waals surface area contributed by atoms with Crippen molar-refractivity contribution in [1.82, 2.24) is 0 Å². The molecule has 0 saturated heterocycles. The van der Waals surface area contributed by atoms with Gasteiger partial charge in [-0.2, -0.15) is 0 Å². The van der Waals surface area contributed by atoms with Crippen LogP contribution in [0.15, 0.2) is 30.3 Å². The highest BCUT2D eigenvalue weighted by atomic mass is 14.2. The van der Waals surface area contributed by atoms with Crippen LogP contribution in [0.2, 0.25) is 0 Å². The van der Waals surface area contributed by atoms with Gasteiger partial charge in [0.1, 0.15) is 0 Å². The third-order valence-corrected chi connectivity index (χ3v) is 6.38. The number of hydrogen-bond acceptors (Lipinski definition) is 0. The van der Waals surface area contributed by atoms with Crippen LogP contribution in [0.4, 0.5) is 0 Å². The summed E-state index contributed by atoms with van der Waals surface area (Å²) in [5.74, 6) is 0.947. The van der Waals surface area contributed by atoms with Crippen molar-refractivity contribution in [1.29, 1.82) is 0 Å². The Labute approximate surface area is 169 Å². The average Bonchev–Trinajstić information content (AvgIpc) is 2.71. The zero-order valence-electron chi connectivity index (χ0n) is 18.3. The summed E-state index contributed by atoms with van der Waals surface area (Å²) < 4.78 is 0. The molecule has 0 N–H and O–H groups in total. The second kappa shape index (κ2) is 14.0. The monoisotopic (exact) mass is 368 g/mol. The van der Waals surface area contributed by atoms with Crippen molar-refractivity contribution >= 4 is 5.57 Å². The molecule has 0 aromatic heterocycles. The van der Waals surface area contributed by atoms with Gasteiger partial charge in [-0.25, -0.2) is 0 Å². The fraction of sp³-hybridized carbons (Fsp3) is 0.704. The van der Waals surface area contributed by atoms with Crippen LogP contribution >= 0.6 is 0 Å². The van der Waals surface area contributed by atoms with Crippen LogP contribution in [0.5, 0.6) is 0 Å². The van der Waals surface area contributed by atoms with Crippen molar-refractivity contribution in [3.05, 3.63) is 41.5 Å². The third-order valence-electron chi connectivity index (χ3n) is 6.38. The Hall–Kier alpha value is -1.04. The predicted molar refractivity (Wildman–Crippen MR) is 122 cm³/mol. The summed E-state index contributed by atoms with van der Waals surface area (Å²) in [6.45, 7) is 4.59. The molecule has 1 unspecified atom stereocenters. The van der Waals surface area contributed by atoms with Gasteiger partial charge in [0, 0.05) is 0 Å². The first-order chi connectivity index (χ1) is 13.3. The van der Waals surface area contributed by atoms with Crippen molar-refractivity contribution in [2.75, 3.05) is 0 Å². The Bertz CT molecular complexity index is 507. The van der Waals surface area contributed by atoms with E-state index >= 15 is 0 Å². The maximum absolute atomic E-state index is 2.55. The third kappa shape index (κ3) is 9.13. The SMILES string of the molecule is CCCCCCCCC1CC=C(c2ccc(CCCCCCC)cc2)CC1. The maximum atomic E-state index is 2.55. The molecule has 2 rings (SSSR count). The Morgan fingerprint density at radius 3 is 2.00 bits per heavy atom. The summed E-state index contributed by atoms with van der Waals surface area (Å²) >= 11 is 0. The summed E-state index contributed by atoms with van der Waals surface area (Å²) in [7, 11) is 0. The van der Waals surface area contributed by atoms with Gasteiger partial charge < -0.3 is 0 Å². The fourth-order valence-electron chi connectivity index (χ4n) is 4.44. The van der Waals surface area contributed by atoms with E-state index in [4.69, 9.17) is 0 Å². The largest absolute Gasteiger partial charge is 0.0804 e. The molecule has 0 nitrogen and oxygen atoms in total. The number of benzene rings is 1. The van der Waals surface area contributed by atoms with Gasteiger partial charge >= 0.3 is 0 Å². The number of hydrogen-bond donors (Lipinski definition) is 0. The summed E-state index contributed by atoms with van der Waals surface area (Å²) in [4.78, 5) is 0. The maximum Gasteiger partial charge on any atom is -0.0228 e. The second-order valence-electron chi connectivity index (χ2n) is 8.79. The van der Waals surface area contributed by atoms with E-state index in [-0.39, 0.29) is 0 Å². The second-order valence-corrected chi connectivity index (χ2v) is 8.79. The van der Waals surface area contributed by atoms with Gasteiger partial charge in [-0.3, -0.25) is 0 Å². The average molecular weight is 369 g/mol. The molecule has 27 heavy (non-hydrogen) atoms. The minimum absolute atomic E-state index is 0.947. The van der Waals surface area contributed by atoms with Crippen molar-refractivity contribution < 1.29 is 0 Å². The first-order valence-electron chi connectivity index (χ1n) is 12.1. The minimum atomic E-state index is 0.947. The summed E-state index contributed by atoms with van der Waals surface area (Å²) in [6.07, 6.45) is 24.7. The Kier molecular flexibility index (Phi) is 11.6. The van der Waals surface area contributed by atoms with Gasteiger partial charge in [-0.15, -0.1) is 0 Å². The topological polar surface area (TPSA) is 0 Å². The van der Waals surface area contributed by atoms with E-state index in [1.807, 2.05) is 0 Å². The highest BCUT2D eigenvalue weighted by Gasteiger charge is 2.15. The van der Waals surface area contributed by atoms with E-state index in [1.165, 1.54) is 114 Å². The van der Waals surface area contributed by atoms with E-state index < -0.39 is 0 Å². The molecule has 152 valence electrons. The van der Waals surface area contributed by atoms with Gasteiger partial charge in [-0.05, 0) is 54.7 Å². The first kappa shape index (κ1) is 22.3. The molecule has 0 aliphatic heterocycles. The van der Waals surface area contributed by atoms with Crippen LogP contribution in [0.3, 0.4) is 0 Å². The molecule has 1 atom stereocenters. The Morgan fingerprint density at radius 1 is 0.741 bits per heavy atom. The standard InChI is InChI=1S/C27H44/c1-3-5-7-9-11-13-15-25-18-22-27(23-19-25)26-20-16-24(17-21-26)14-12-10-8-6-4-2/h16-17,20-22,25H,3-15,18-19,23H2,1-2H3. The van der Waals surface area contributed by atoms with E-state index in [0.29, 0.717) is 0 Å². The van der Waals surface area contributed by atoms with Gasteiger partial charge in [-0.1, -0.05) is 115 Å². The number of unbranched alkanes of at least 4 members (excludes halogenated alkanes) is 9. The highest BCUT2D eigenvalue weighted by Crippen LogP contribution is 2.33. The van der Waals surface area contributed by atoms with Crippen LogP contribution in [-0.2, 0) is 6.42 Å². The molecule has 1 aliphatic carbocycles. The lowest BCUT2D eigenvalue weighted by molar-refractivity contribution is 0.423. The van der Waals surface area contributed by atoms with Gasteiger partial charge in [0.25, 0.3) is 0 Å². The van der Waals surface area contributed by atoms with Crippen molar-refractivity contribution in [3.63, 3.8) is 0 Å². The molecule has 1 aliphatic rings. The molecule has 0 bridgehead atoms. The normalized spacial score (nSPS) is 17.1. The zero-order chi connectivity index (χ0) is 19.2. The molecule has 0 heterocycles. The predicted octanol–water partition coefficient (Wildman–Crippen LogP) is 9.13.